The normalized spacial score (nSPS) is 15.8. The number of ether oxygens (including phenoxy) is 2. The molecule has 11 nitrogen and oxygen atoms in total. The van der Waals surface area contributed by atoms with Gasteiger partial charge in [-0.05, 0) is 56.3 Å². The van der Waals surface area contributed by atoms with E-state index in [1.54, 1.807) is 35.2 Å². The van der Waals surface area contributed by atoms with Crippen molar-refractivity contribution in [1.29, 1.82) is 0 Å². The van der Waals surface area contributed by atoms with Crippen LogP contribution in [-0.2, 0) is 4.79 Å². The number of para-hydroxylation sites is 2. The number of amides is 1. The number of hydrazine groups is 1. The van der Waals surface area contributed by atoms with Gasteiger partial charge in [0.2, 0.25) is 0 Å². The Morgan fingerprint density at radius 1 is 1.07 bits per heavy atom. The number of nitrogens with one attached hydrogen (secondary N) is 1. The molecule has 1 N–H and O–H groups in total. The number of amidine groups is 1. The molecule has 1 saturated heterocycles. The van der Waals surface area contributed by atoms with E-state index in [-0.39, 0.29) is 24.2 Å². The maximum Gasteiger partial charge on any atom is 0.271 e. The Morgan fingerprint density at radius 3 is 2.51 bits per heavy atom. The highest BCUT2D eigenvalue weighted by Crippen LogP contribution is 2.38. The molecule has 1 atom stereocenters. The lowest BCUT2D eigenvalue weighted by molar-refractivity contribution is -0.384. The summed E-state index contributed by atoms with van der Waals surface area (Å²) < 4.78 is 11.5. The van der Waals surface area contributed by atoms with E-state index in [2.05, 4.69) is 10.3 Å². The fourth-order valence-corrected chi connectivity index (χ4v) is 4.97. The molecule has 41 heavy (non-hydrogen) atoms. The second-order valence-corrected chi connectivity index (χ2v) is 10.0. The summed E-state index contributed by atoms with van der Waals surface area (Å²) >= 11 is 5.92. The molecule has 1 fully saturated rings. The molecule has 0 bridgehead atoms. The van der Waals surface area contributed by atoms with Gasteiger partial charge in [-0.1, -0.05) is 23.7 Å². The Morgan fingerprint density at radius 2 is 1.80 bits per heavy atom. The number of hydrogen-bond donors (Lipinski definition) is 1. The van der Waals surface area contributed by atoms with E-state index in [1.807, 2.05) is 43.1 Å². The molecule has 0 radical (unpaired) electrons. The minimum atomic E-state index is -0.428. The van der Waals surface area contributed by atoms with Gasteiger partial charge in [0.25, 0.3) is 11.6 Å². The van der Waals surface area contributed by atoms with Crippen molar-refractivity contribution in [2.45, 2.75) is 19.9 Å². The number of aliphatic imine (C=N–C) groups is 1. The maximum absolute atomic E-state index is 12.8. The molecule has 2 aliphatic heterocycles. The zero-order chi connectivity index (χ0) is 28.9. The van der Waals surface area contributed by atoms with Crippen LogP contribution in [0.2, 0.25) is 5.02 Å². The number of carbonyl (C=O) groups excluding carboxylic acids is 1. The van der Waals surface area contributed by atoms with Crippen LogP contribution >= 0.6 is 11.6 Å². The smallest absolute Gasteiger partial charge is 0.271 e. The molecule has 2 heterocycles. The number of nitrogens with zero attached hydrogens (tertiary/aromatic N) is 5. The van der Waals surface area contributed by atoms with E-state index in [4.69, 9.17) is 26.1 Å². The standard InChI is InChI=1S/C29H31ClN6O5/c1-3-40-27-7-5-4-6-26(27)35-29(31-25-18-22(36(38)39)10-13-24(25)32-35)20(2)33-14-16-34(17-15-33)28(37)19-41-23-11-8-21(30)9-12-23/h4-13,18,20,32H,3,14-17,19H2,1-2H3. The molecule has 12 heteroatoms. The predicted octanol–water partition coefficient (Wildman–Crippen LogP) is 5.14. The first-order chi connectivity index (χ1) is 19.8. The van der Waals surface area contributed by atoms with Crippen molar-refractivity contribution in [3.8, 4) is 11.5 Å². The van der Waals surface area contributed by atoms with Crippen LogP contribution in [0.3, 0.4) is 0 Å². The molecule has 0 saturated carbocycles. The average molecular weight is 579 g/mol. The second kappa shape index (κ2) is 12.4. The van der Waals surface area contributed by atoms with Crippen LogP contribution < -0.4 is 19.9 Å². The Bertz CT molecular complexity index is 1440. The van der Waals surface area contributed by atoms with E-state index >= 15 is 0 Å². The summed E-state index contributed by atoms with van der Waals surface area (Å²) in [5, 5.41) is 13.9. The fraction of sp³-hybridized carbons (Fsp3) is 0.310. The molecular formula is C29H31ClN6O5. The van der Waals surface area contributed by atoms with E-state index in [0.717, 1.165) is 5.69 Å². The number of fused-ring (bicyclic) bond motifs is 1. The zero-order valence-corrected chi connectivity index (χ0v) is 23.6. The van der Waals surface area contributed by atoms with Gasteiger partial charge in [0, 0.05) is 43.3 Å². The van der Waals surface area contributed by atoms with Crippen LogP contribution in [0.4, 0.5) is 22.7 Å². The molecule has 0 aromatic heterocycles. The molecule has 2 aliphatic rings. The van der Waals surface area contributed by atoms with Crippen molar-refractivity contribution in [3.05, 3.63) is 81.9 Å². The average Bonchev–Trinajstić information content (AvgIpc) is 3.00. The Labute approximate surface area is 243 Å². The molecule has 0 spiro atoms. The summed E-state index contributed by atoms with van der Waals surface area (Å²) in [4.78, 5) is 32.8. The first-order valence-corrected chi connectivity index (χ1v) is 13.8. The number of hydrogen-bond acceptors (Lipinski definition) is 9. The third kappa shape index (κ3) is 6.36. The number of non-ortho nitro benzene ring substituents is 1. The number of benzene rings is 3. The van der Waals surface area contributed by atoms with Gasteiger partial charge in [-0.15, -0.1) is 0 Å². The predicted molar refractivity (Wildman–Crippen MR) is 158 cm³/mol. The Kier molecular flexibility index (Phi) is 8.55. The quantitative estimate of drug-likeness (QED) is 0.274. The van der Waals surface area contributed by atoms with Gasteiger partial charge >= 0.3 is 0 Å². The molecule has 3 aromatic carbocycles. The number of halogens is 1. The molecule has 0 aliphatic carbocycles. The molecule has 3 aromatic rings. The van der Waals surface area contributed by atoms with Gasteiger partial charge in [0.1, 0.15) is 23.0 Å². The lowest BCUT2D eigenvalue weighted by Crippen LogP contribution is -2.57. The summed E-state index contributed by atoms with van der Waals surface area (Å²) in [6, 6.07) is 19.0. The monoisotopic (exact) mass is 578 g/mol. The topological polar surface area (TPSA) is 113 Å². The number of piperazine rings is 1. The van der Waals surface area contributed by atoms with Crippen molar-refractivity contribution in [2.75, 3.05) is 49.8 Å². The highest BCUT2D eigenvalue weighted by Gasteiger charge is 2.33. The molecule has 214 valence electrons. The summed E-state index contributed by atoms with van der Waals surface area (Å²) in [6.45, 7) is 6.72. The van der Waals surface area contributed by atoms with Crippen LogP contribution in [0.1, 0.15) is 13.8 Å². The van der Waals surface area contributed by atoms with Gasteiger partial charge in [-0.2, -0.15) is 0 Å². The number of nitro benzene ring substituents is 1. The van der Waals surface area contributed by atoms with Crippen molar-refractivity contribution in [3.63, 3.8) is 0 Å². The lowest BCUT2D eigenvalue weighted by Gasteiger charge is -2.42. The number of nitro groups is 1. The van der Waals surface area contributed by atoms with Crippen molar-refractivity contribution >= 4 is 46.1 Å². The maximum atomic E-state index is 12.8. The van der Waals surface area contributed by atoms with Crippen molar-refractivity contribution < 1.29 is 19.2 Å². The van der Waals surface area contributed by atoms with Crippen LogP contribution in [0.5, 0.6) is 11.5 Å². The van der Waals surface area contributed by atoms with Crippen LogP contribution in [0.15, 0.2) is 71.7 Å². The molecule has 1 amide bonds. The number of anilines is 2. The minimum Gasteiger partial charge on any atom is -0.492 e. The number of carbonyl (C=O) groups is 1. The van der Waals surface area contributed by atoms with Crippen LogP contribution in [0.25, 0.3) is 0 Å². The fourth-order valence-electron chi connectivity index (χ4n) is 4.84. The molecular weight excluding hydrogens is 548 g/mol. The zero-order valence-electron chi connectivity index (χ0n) is 22.8. The summed E-state index contributed by atoms with van der Waals surface area (Å²) in [6.07, 6.45) is 0. The van der Waals surface area contributed by atoms with E-state index in [0.29, 0.717) is 66.5 Å². The number of rotatable bonds is 9. The third-order valence-corrected chi connectivity index (χ3v) is 7.31. The third-order valence-electron chi connectivity index (χ3n) is 7.06. The van der Waals surface area contributed by atoms with Crippen molar-refractivity contribution in [2.24, 2.45) is 4.99 Å². The summed E-state index contributed by atoms with van der Waals surface area (Å²) in [5.41, 5.74) is 5.27. The Balaban J connectivity index is 1.33. The van der Waals surface area contributed by atoms with E-state index in [1.165, 1.54) is 12.1 Å². The molecule has 1 unspecified atom stereocenters. The van der Waals surface area contributed by atoms with E-state index < -0.39 is 4.92 Å². The molecule has 5 rings (SSSR count). The largest absolute Gasteiger partial charge is 0.492 e. The van der Waals surface area contributed by atoms with Gasteiger partial charge < -0.3 is 14.4 Å². The van der Waals surface area contributed by atoms with Gasteiger partial charge in [-0.3, -0.25) is 25.2 Å². The van der Waals surface area contributed by atoms with Gasteiger partial charge in [0.05, 0.1) is 28.9 Å². The second-order valence-electron chi connectivity index (χ2n) is 9.61. The SMILES string of the molecule is CCOc1ccccc1N1Nc2ccc([N+](=O)[O-])cc2N=C1C(C)N1CCN(C(=O)COc2ccc(Cl)cc2)CC1. The minimum absolute atomic E-state index is 0.0302. The summed E-state index contributed by atoms with van der Waals surface area (Å²) in [5.74, 6) is 1.85. The van der Waals surface area contributed by atoms with E-state index in [9.17, 15) is 14.9 Å². The van der Waals surface area contributed by atoms with Crippen molar-refractivity contribution in [1.82, 2.24) is 9.80 Å². The van der Waals surface area contributed by atoms with Crippen LogP contribution in [0, 0.1) is 10.1 Å². The lowest BCUT2D eigenvalue weighted by atomic mass is 10.1. The first kappa shape index (κ1) is 28.2. The Hall–Kier alpha value is -4.35. The highest BCUT2D eigenvalue weighted by atomic mass is 35.5. The van der Waals surface area contributed by atoms with Gasteiger partial charge in [0.15, 0.2) is 6.61 Å². The highest BCUT2D eigenvalue weighted by molar-refractivity contribution is 6.30. The van der Waals surface area contributed by atoms with Crippen LogP contribution in [-0.4, -0.2) is 71.9 Å². The summed E-state index contributed by atoms with van der Waals surface area (Å²) in [7, 11) is 0. The first-order valence-electron chi connectivity index (χ1n) is 13.4. The van der Waals surface area contributed by atoms with Gasteiger partial charge in [-0.25, -0.2) is 10.0 Å².